The van der Waals surface area contributed by atoms with E-state index in [0.29, 0.717) is 0 Å². The number of hydrogen-bond donors (Lipinski definition) is 3. The number of carbonyl (C=O) groups is 1. The van der Waals surface area contributed by atoms with E-state index in [9.17, 15) is 20.0 Å². The van der Waals surface area contributed by atoms with Crippen LogP contribution in [0.4, 0.5) is 5.69 Å². The van der Waals surface area contributed by atoms with Gasteiger partial charge in [-0.2, -0.15) is 0 Å². The lowest BCUT2D eigenvalue weighted by molar-refractivity contribution is -0.385. The van der Waals surface area contributed by atoms with Gasteiger partial charge in [0.2, 0.25) is 0 Å². The summed E-state index contributed by atoms with van der Waals surface area (Å²) in [5.41, 5.74) is -0.688. The number of nitrogens with one attached hydrogen (secondary N) is 1. The van der Waals surface area contributed by atoms with Crippen LogP contribution in [0.25, 0.3) is 0 Å². The molecule has 1 unspecified atom stereocenters. The standard InChI is InChI=1S/C12H16N2O7/c1-20-10-3-8(12(17)13-5-7(16)6-15)9(14(18)19)4-11(10)21-2/h3-4,7,15-16H,5-6H2,1-2H3,(H,13,17). The number of aliphatic hydroxyl groups is 2. The number of rotatable bonds is 7. The summed E-state index contributed by atoms with van der Waals surface area (Å²) in [6.45, 7) is -0.769. The molecule has 0 fully saturated rings. The summed E-state index contributed by atoms with van der Waals surface area (Å²) in [7, 11) is 2.65. The van der Waals surface area contributed by atoms with Crippen LogP contribution in [0.15, 0.2) is 12.1 Å². The molecule has 1 rings (SSSR count). The van der Waals surface area contributed by atoms with Crippen LogP contribution >= 0.6 is 0 Å². The van der Waals surface area contributed by atoms with Crippen molar-refractivity contribution in [1.82, 2.24) is 5.32 Å². The maximum atomic E-state index is 12.0. The van der Waals surface area contributed by atoms with E-state index in [0.717, 1.165) is 6.07 Å². The van der Waals surface area contributed by atoms with Gasteiger partial charge < -0.3 is 25.0 Å². The maximum Gasteiger partial charge on any atom is 0.286 e. The Morgan fingerprint density at radius 1 is 1.38 bits per heavy atom. The number of hydrogen-bond acceptors (Lipinski definition) is 7. The van der Waals surface area contributed by atoms with Gasteiger partial charge in [0.1, 0.15) is 5.56 Å². The third-order valence-electron chi connectivity index (χ3n) is 2.65. The second-order valence-electron chi connectivity index (χ2n) is 4.03. The van der Waals surface area contributed by atoms with E-state index in [1.54, 1.807) is 0 Å². The van der Waals surface area contributed by atoms with Crippen LogP contribution < -0.4 is 14.8 Å². The van der Waals surface area contributed by atoms with Crippen molar-refractivity contribution in [1.29, 1.82) is 0 Å². The number of ether oxygens (including phenoxy) is 2. The Bertz CT molecular complexity index is 533. The number of nitro groups is 1. The zero-order valence-corrected chi connectivity index (χ0v) is 11.5. The van der Waals surface area contributed by atoms with Crippen molar-refractivity contribution in [3.05, 3.63) is 27.8 Å². The van der Waals surface area contributed by atoms with Gasteiger partial charge in [-0.15, -0.1) is 0 Å². The summed E-state index contributed by atoms with van der Waals surface area (Å²) in [4.78, 5) is 22.3. The van der Waals surface area contributed by atoms with Crippen molar-refractivity contribution < 1.29 is 29.4 Å². The Morgan fingerprint density at radius 3 is 2.43 bits per heavy atom. The SMILES string of the molecule is COc1cc(C(=O)NCC(O)CO)c([N+](=O)[O-])cc1OC. The normalized spacial score (nSPS) is 11.6. The van der Waals surface area contributed by atoms with E-state index in [2.05, 4.69) is 5.32 Å². The van der Waals surface area contributed by atoms with Crippen LogP contribution in [0.1, 0.15) is 10.4 Å². The molecule has 21 heavy (non-hydrogen) atoms. The highest BCUT2D eigenvalue weighted by Crippen LogP contribution is 2.34. The van der Waals surface area contributed by atoms with Crippen LogP contribution in [-0.4, -0.2) is 54.5 Å². The van der Waals surface area contributed by atoms with Gasteiger partial charge in [-0.05, 0) is 0 Å². The lowest BCUT2D eigenvalue weighted by Crippen LogP contribution is -2.34. The van der Waals surface area contributed by atoms with Gasteiger partial charge in [-0.3, -0.25) is 14.9 Å². The molecule has 0 saturated carbocycles. The van der Waals surface area contributed by atoms with Crippen LogP contribution in [0.3, 0.4) is 0 Å². The molecule has 1 aromatic rings. The molecule has 9 nitrogen and oxygen atoms in total. The minimum absolute atomic E-state index is 0.121. The summed E-state index contributed by atoms with van der Waals surface area (Å²) in [5, 5.41) is 31.1. The molecule has 0 saturated heterocycles. The fraction of sp³-hybridized carbons (Fsp3) is 0.417. The van der Waals surface area contributed by atoms with Crippen molar-refractivity contribution in [2.24, 2.45) is 0 Å². The Hall–Kier alpha value is -2.39. The highest BCUT2D eigenvalue weighted by atomic mass is 16.6. The largest absolute Gasteiger partial charge is 0.493 e. The average Bonchev–Trinajstić information content (AvgIpc) is 2.50. The van der Waals surface area contributed by atoms with Gasteiger partial charge in [0.15, 0.2) is 11.5 Å². The fourth-order valence-corrected chi connectivity index (χ4v) is 1.57. The highest BCUT2D eigenvalue weighted by molar-refractivity contribution is 5.99. The zero-order valence-electron chi connectivity index (χ0n) is 11.5. The molecule has 9 heteroatoms. The summed E-state index contributed by atoms with van der Waals surface area (Å²) in [6, 6.07) is 2.26. The van der Waals surface area contributed by atoms with E-state index in [-0.39, 0.29) is 23.6 Å². The number of aliphatic hydroxyl groups excluding tert-OH is 2. The van der Waals surface area contributed by atoms with Gasteiger partial charge in [0.25, 0.3) is 11.6 Å². The number of nitrogens with zero attached hydrogens (tertiary/aromatic N) is 1. The van der Waals surface area contributed by atoms with E-state index in [4.69, 9.17) is 14.6 Å². The third kappa shape index (κ3) is 4.04. The van der Waals surface area contributed by atoms with E-state index < -0.39 is 29.2 Å². The number of benzene rings is 1. The minimum Gasteiger partial charge on any atom is -0.493 e. The van der Waals surface area contributed by atoms with Gasteiger partial charge in [0, 0.05) is 12.6 Å². The molecule has 0 bridgehead atoms. The molecule has 0 spiro atoms. The molecule has 1 atom stereocenters. The molecule has 0 radical (unpaired) electrons. The molecule has 1 aromatic carbocycles. The molecule has 0 aliphatic carbocycles. The Balaban J connectivity index is 3.14. The lowest BCUT2D eigenvalue weighted by atomic mass is 10.1. The van der Waals surface area contributed by atoms with Crippen molar-refractivity contribution in [2.75, 3.05) is 27.4 Å². The third-order valence-corrected chi connectivity index (χ3v) is 2.65. The van der Waals surface area contributed by atoms with E-state index in [1.807, 2.05) is 0 Å². The summed E-state index contributed by atoms with van der Waals surface area (Å²) >= 11 is 0. The molecular formula is C12H16N2O7. The summed E-state index contributed by atoms with van der Waals surface area (Å²) in [5.74, 6) is -0.484. The van der Waals surface area contributed by atoms with Gasteiger partial charge in [-0.1, -0.05) is 0 Å². The van der Waals surface area contributed by atoms with Crippen LogP contribution in [0, 0.1) is 10.1 Å². The predicted octanol–water partition coefficient (Wildman–Crippen LogP) is -0.305. The molecule has 3 N–H and O–H groups in total. The second kappa shape index (κ2) is 7.41. The summed E-state index contributed by atoms with van der Waals surface area (Å²) in [6.07, 6.45) is -1.15. The maximum absolute atomic E-state index is 12.0. The smallest absolute Gasteiger partial charge is 0.286 e. The van der Waals surface area contributed by atoms with Crippen LogP contribution in [-0.2, 0) is 0 Å². The first-order valence-electron chi connectivity index (χ1n) is 5.92. The Labute approximate surface area is 120 Å². The first-order valence-corrected chi connectivity index (χ1v) is 5.92. The molecular weight excluding hydrogens is 284 g/mol. The molecule has 116 valence electrons. The van der Waals surface area contributed by atoms with Crippen LogP contribution in [0.5, 0.6) is 11.5 Å². The first kappa shape index (κ1) is 16.7. The second-order valence-corrected chi connectivity index (χ2v) is 4.03. The molecule has 1 amide bonds. The quantitative estimate of drug-likeness (QED) is 0.465. The van der Waals surface area contributed by atoms with Gasteiger partial charge >= 0.3 is 0 Å². The van der Waals surface area contributed by atoms with Crippen molar-refractivity contribution >= 4 is 11.6 Å². The monoisotopic (exact) mass is 300 g/mol. The van der Waals surface area contributed by atoms with E-state index >= 15 is 0 Å². The number of carbonyl (C=O) groups excluding carboxylic acids is 1. The van der Waals surface area contributed by atoms with Gasteiger partial charge in [-0.25, -0.2) is 0 Å². The first-order chi connectivity index (χ1) is 9.94. The predicted molar refractivity (Wildman–Crippen MR) is 71.6 cm³/mol. The van der Waals surface area contributed by atoms with Crippen molar-refractivity contribution in [3.63, 3.8) is 0 Å². The number of amides is 1. The number of nitro benzene ring substituents is 1. The fourth-order valence-electron chi connectivity index (χ4n) is 1.57. The van der Waals surface area contributed by atoms with Gasteiger partial charge in [0.05, 0.1) is 37.9 Å². The minimum atomic E-state index is -1.15. The van der Waals surface area contributed by atoms with Crippen molar-refractivity contribution in [3.8, 4) is 11.5 Å². The Kier molecular flexibility index (Phi) is 5.88. The Morgan fingerprint density at radius 2 is 1.95 bits per heavy atom. The molecule has 0 aromatic heterocycles. The lowest BCUT2D eigenvalue weighted by Gasteiger charge is -2.12. The molecule has 0 heterocycles. The number of methoxy groups -OCH3 is 2. The molecule has 0 aliphatic heterocycles. The topological polar surface area (TPSA) is 131 Å². The van der Waals surface area contributed by atoms with Crippen molar-refractivity contribution in [2.45, 2.75) is 6.10 Å². The zero-order chi connectivity index (χ0) is 16.0. The van der Waals surface area contributed by atoms with E-state index in [1.165, 1.54) is 20.3 Å². The summed E-state index contributed by atoms with van der Waals surface area (Å²) < 4.78 is 9.93. The average molecular weight is 300 g/mol. The van der Waals surface area contributed by atoms with Crippen LogP contribution in [0.2, 0.25) is 0 Å². The molecule has 0 aliphatic rings. The highest BCUT2D eigenvalue weighted by Gasteiger charge is 2.24.